The van der Waals surface area contributed by atoms with Gasteiger partial charge in [0.05, 0.1) is 0 Å². The van der Waals surface area contributed by atoms with Crippen molar-refractivity contribution in [3.8, 4) is 0 Å². The molecule has 0 spiro atoms. The van der Waals surface area contributed by atoms with Crippen molar-refractivity contribution in [1.29, 1.82) is 0 Å². The fourth-order valence-electron chi connectivity index (χ4n) is 2.13. The zero-order chi connectivity index (χ0) is 10.7. The Morgan fingerprint density at radius 3 is 2.47 bits per heavy atom. The number of likely N-dealkylation sites (tertiary alicyclic amines) is 1. The number of hydrogen-bond donors (Lipinski definition) is 1. The molecule has 1 saturated heterocycles. The van der Waals surface area contributed by atoms with Crippen molar-refractivity contribution in [3.63, 3.8) is 0 Å². The molecule has 1 fully saturated rings. The van der Waals surface area contributed by atoms with E-state index < -0.39 is 0 Å². The second kappa shape index (κ2) is 4.97. The van der Waals surface area contributed by atoms with Crippen LogP contribution in [0.2, 0.25) is 5.02 Å². The highest BCUT2D eigenvalue weighted by Gasteiger charge is 2.12. The van der Waals surface area contributed by atoms with Gasteiger partial charge in [-0.1, -0.05) is 17.7 Å². The molecule has 1 aliphatic rings. The standard InChI is InChI=1S/C12H17ClN2/c13-12-6-10(8-14)5-11(7-12)9-15-3-1-2-4-15/h5-7H,1-4,8-9,14H2. The summed E-state index contributed by atoms with van der Waals surface area (Å²) in [6, 6.07) is 6.14. The number of halogens is 1. The van der Waals surface area contributed by atoms with Crippen LogP contribution in [-0.2, 0) is 13.1 Å². The number of hydrogen-bond acceptors (Lipinski definition) is 2. The van der Waals surface area contributed by atoms with Gasteiger partial charge in [0.2, 0.25) is 0 Å². The van der Waals surface area contributed by atoms with Crippen LogP contribution in [0.1, 0.15) is 24.0 Å². The molecule has 1 aromatic carbocycles. The maximum absolute atomic E-state index is 6.04. The monoisotopic (exact) mass is 224 g/mol. The number of nitrogens with two attached hydrogens (primary N) is 1. The minimum Gasteiger partial charge on any atom is -0.326 e. The summed E-state index contributed by atoms with van der Waals surface area (Å²) in [4.78, 5) is 2.46. The molecular formula is C12H17ClN2. The smallest absolute Gasteiger partial charge is 0.0412 e. The topological polar surface area (TPSA) is 29.3 Å². The van der Waals surface area contributed by atoms with Crippen LogP contribution >= 0.6 is 11.6 Å². The lowest BCUT2D eigenvalue weighted by Crippen LogP contribution is -2.18. The molecule has 0 atom stereocenters. The van der Waals surface area contributed by atoms with Crippen LogP contribution in [0.5, 0.6) is 0 Å². The summed E-state index contributed by atoms with van der Waals surface area (Å²) >= 11 is 6.04. The molecular weight excluding hydrogens is 208 g/mol. The first-order chi connectivity index (χ1) is 7.28. The minimum absolute atomic E-state index is 0.563. The van der Waals surface area contributed by atoms with E-state index >= 15 is 0 Å². The average Bonchev–Trinajstić information content (AvgIpc) is 2.69. The molecule has 0 saturated carbocycles. The quantitative estimate of drug-likeness (QED) is 0.855. The zero-order valence-corrected chi connectivity index (χ0v) is 9.63. The van der Waals surface area contributed by atoms with Crippen molar-refractivity contribution in [2.45, 2.75) is 25.9 Å². The third-order valence-corrected chi connectivity index (χ3v) is 3.08. The van der Waals surface area contributed by atoms with Gasteiger partial charge >= 0.3 is 0 Å². The Hall–Kier alpha value is -0.570. The van der Waals surface area contributed by atoms with Crippen LogP contribution in [0.15, 0.2) is 18.2 Å². The van der Waals surface area contributed by atoms with E-state index in [9.17, 15) is 0 Å². The van der Waals surface area contributed by atoms with Crippen molar-refractivity contribution in [1.82, 2.24) is 4.90 Å². The predicted octanol–water partition coefficient (Wildman–Crippen LogP) is 2.39. The van der Waals surface area contributed by atoms with Gasteiger partial charge in [-0.15, -0.1) is 0 Å². The summed E-state index contributed by atoms with van der Waals surface area (Å²) in [7, 11) is 0. The van der Waals surface area contributed by atoms with Crippen molar-refractivity contribution in [2.75, 3.05) is 13.1 Å². The molecule has 0 radical (unpaired) electrons. The SMILES string of the molecule is NCc1cc(Cl)cc(CN2CCCC2)c1. The molecule has 3 heteroatoms. The highest BCUT2D eigenvalue weighted by molar-refractivity contribution is 6.30. The normalized spacial score (nSPS) is 17.2. The molecule has 1 aliphatic heterocycles. The zero-order valence-electron chi connectivity index (χ0n) is 8.88. The summed E-state index contributed by atoms with van der Waals surface area (Å²) in [6.45, 7) is 4.00. The Kier molecular flexibility index (Phi) is 3.62. The predicted molar refractivity (Wildman–Crippen MR) is 63.9 cm³/mol. The van der Waals surface area contributed by atoms with Crippen LogP contribution in [0, 0.1) is 0 Å². The lowest BCUT2D eigenvalue weighted by molar-refractivity contribution is 0.331. The average molecular weight is 225 g/mol. The molecule has 82 valence electrons. The molecule has 0 amide bonds. The van der Waals surface area contributed by atoms with Crippen LogP contribution < -0.4 is 5.73 Å². The summed E-state index contributed by atoms with van der Waals surface area (Å²) in [6.07, 6.45) is 2.65. The first-order valence-corrected chi connectivity index (χ1v) is 5.86. The minimum atomic E-state index is 0.563. The molecule has 1 heterocycles. The maximum Gasteiger partial charge on any atom is 0.0412 e. The van der Waals surface area contributed by atoms with Crippen LogP contribution in [0.25, 0.3) is 0 Å². The largest absolute Gasteiger partial charge is 0.326 e. The molecule has 0 unspecified atom stereocenters. The first kappa shape index (κ1) is 10.9. The Morgan fingerprint density at radius 2 is 1.80 bits per heavy atom. The fraction of sp³-hybridized carbons (Fsp3) is 0.500. The first-order valence-electron chi connectivity index (χ1n) is 5.49. The lowest BCUT2D eigenvalue weighted by Gasteiger charge is -2.15. The van der Waals surface area contributed by atoms with Crippen molar-refractivity contribution < 1.29 is 0 Å². The molecule has 2 nitrogen and oxygen atoms in total. The van der Waals surface area contributed by atoms with E-state index in [0.29, 0.717) is 6.54 Å². The molecule has 0 aromatic heterocycles. The number of benzene rings is 1. The van der Waals surface area contributed by atoms with Gasteiger partial charge in [0.15, 0.2) is 0 Å². The Bertz CT molecular complexity index is 332. The molecule has 15 heavy (non-hydrogen) atoms. The third kappa shape index (κ3) is 2.94. The van der Waals surface area contributed by atoms with Crippen LogP contribution in [0.4, 0.5) is 0 Å². The molecule has 1 aromatic rings. The van der Waals surface area contributed by atoms with Crippen LogP contribution in [-0.4, -0.2) is 18.0 Å². The van der Waals surface area contributed by atoms with E-state index in [1.54, 1.807) is 0 Å². The number of nitrogens with zero attached hydrogens (tertiary/aromatic N) is 1. The molecule has 0 bridgehead atoms. The van der Waals surface area contributed by atoms with Crippen molar-refractivity contribution in [3.05, 3.63) is 34.3 Å². The van der Waals surface area contributed by atoms with Gasteiger partial charge < -0.3 is 5.73 Å². The summed E-state index contributed by atoms with van der Waals surface area (Å²) in [5, 5.41) is 0.798. The van der Waals surface area contributed by atoms with E-state index in [4.69, 9.17) is 17.3 Å². The van der Waals surface area contributed by atoms with E-state index in [1.165, 1.54) is 31.5 Å². The van der Waals surface area contributed by atoms with E-state index in [1.807, 2.05) is 12.1 Å². The van der Waals surface area contributed by atoms with Gasteiger partial charge in [-0.25, -0.2) is 0 Å². The Balaban J connectivity index is 2.09. The van der Waals surface area contributed by atoms with Crippen molar-refractivity contribution in [2.24, 2.45) is 5.73 Å². The van der Waals surface area contributed by atoms with Gasteiger partial charge in [-0.3, -0.25) is 4.90 Å². The fourth-order valence-corrected chi connectivity index (χ4v) is 2.41. The van der Waals surface area contributed by atoms with E-state index in [0.717, 1.165) is 17.1 Å². The van der Waals surface area contributed by atoms with Gasteiger partial charge in [-0.05, 0) is 49.2 Å². The Morgan fingerprint density at radius 1 is 1.13 bits per heavy atom. The van der Waals surface area contributed by atoms with Crippen molar-refractivity contribution >= 4 is 11.6 Å². The summed E-state index contributed by atoms with van der Waals surface area (Å²) in [5.74, 6) is 0. The number of rotatable bonds is 3. The van der Waals surface area contributed by atoms with E-state index in [-0.39, 0.29) is 0 Å². The second-order valence-corrected chi connectivity index (χ2v) is 4.59. The highest BCUT2D eigenvalue weighted by atomic mass is 35.5. The summed E-state index contributed by atoms with van der Waals surface area (Å²) in [5.41, 5.74) is 8.03. The molecule has 0 aliphatic carbocycles. The Labute approximate surface area is 96.0 Å². The van der Waals surface area contributed by atoms with Gasteiger partial charge in [0.25, 0.3) is 0 Å². The van der Waals surface area contributed by atoms with Gasteiger partial charge in [-0.2, -0.15) is 0 Å². The second-order valence-electron chi connectivity index (χ2n) is 4.16. The van der Waals surface area contributed by atoms with Gasteiger partial charge in [0.1, 0.15) is 0 Å². The van der Waals surface area contributed by atoms with E-state index in [2.05, 4.69) is 11.0 Å². The molecule has 2 N–H and O–H groups in total. The third-order valence-electron chi connectivity index (χ3n) is 2.86. The molecule has 2 rings (SSSR count). The maximum atomic E-state index is 6.04. The van der Waals surface area contributed by atoms with Gasteiger partial charge in [0, 0.05) is 18.1 Å². The highest BCUT2D eigenvalue weighted by Crippen LogP contribution is 2.18. The van der Waals surface area contributed by atoms with Crippen LogP contribution in [0.3, 0.4) is 0 Å². The summed E-state index contributed by atoms with van der Waals surface area (Å²) < 4.78 is 0. The lowest BCUT2D eigenvalue weighted by atomic mass is 10.1.